The SMILES string of the molecule is O=C(NCc1cc(-c2ccccc2)ncn1)c1ccccn1. The van der Waals surface area contributed by atoms with E-state index < -0.39 is 0 Å². The first-order valence-electron chi connectivity index (χ1n) is 6.88. The molecule has 0 bridgehead atoms. The van der Waals surface area contributed by atoms with Crippen molar-refractivity contribution in [2.45, 2.75) is 6.54 Å². The van der Waals surface area contributed by atoms with Crippen LogP contribution in [0.5, 0.6) is 0 Å². The van der Waals surface area contributed by atoms with Crippen LogP contribution in [0, 0.1) is 0 Å². The Labute approximate surface area is 128 Å². The van der Waals surface area contributed by atoms with Gasteiger partial charge in [0.1, 0.15) is 12.0 Å². The second kappa shape index (κ2) is 6.58. The third-order valence-electron chi connectivity index (χ3n) is 3.12. The zero-order chi connectivity index (χ0) is 15.2. The summed E-state index contributed by atoms with van der Waals surface area (Å²) >= 11 is 0. The number of carbonyl (C=O) groups is 1. The van der Waals surface area contributed by atoms with E-state index in [1.807, 2.05) is 36.4 Å². The summed E-state index contributed by atoms with van der Waals surface area (Å²) in [7, 11) is 0. The van der Waals surface area contributed by atoms with Crippen molar-refractivity contribution < 1.29 is 4.79 Å². The van der Waals surface area contributed by atoms with Gasteiger partial charge in [0, 0.05) is 11.8 Å². The van der Waals surface area contributed by atoms with Crippen LogP contribution in [-0.2, 0) is 6.54 Å². The lowest BCUT2D eigenvalue weighted by atomic mass is 10.1. The van der Waals surface area contributed by atoms with Crippen LogP contribution >= 0.6 is 0 Å². The molecule has 0 atom stereocenters. The maximum Gasteiger partial charge on any atom is 0.270 e. The highest BCUT2D eigenvalue weighted by molar-refractivity contribution is 5.92. The van der Waals surface area contributed by atoms with Crippen molar-refractivity contribution in [2.24, 2.45) is 0 Å². The summed E-state index contributed by atoms with van der Waals surface area (Å²) < 4.78 is 0. The van der Waals surface area contributed by atoms with Crippen LogP contribution in [0.2, 0.25) is 0 Å². The van der Waals surface area contributed by atoms with E-state index in [1.54, 1.807) is 24.4 Å². The molecule has 0 aliphatic heterocycles. The van der Waals surface area contributed by atoms with Gasteiger partial charge in [0.15, 0.2) is 0 Å². The van der Waals surface area contributed by atoms with E-state index >= 15 is 0 Å². The standard InChI is InChI=1S/C17H14N4O/c22-17(15-8-4-5-9-18-15)19-11-14-10-16(21-12-20-14)13-6-2-1-3-7-13/h1-10,12H,11H2,(H,19,22). The number of nitrogens with zero attached hydrogens (tertiary/aromatic N) is 3. The Morgan fingerprint density at radius 2 is 1.77 bits per heavy atom. The molecular formula is C17H14N4O. The van der Waals surface area contributed by atoms with Crippen LogP contribution in [0.15, 0.2) is 67.1 Å². The number of aromatic nitrogens is 3. The fourth-order valence-corrected chi connectivity index (χ4v) is 2.02. The molecule has 2 heterocycles. The summed E-state index contributed by atoms with van der Waals surface area (Å²) in [6, 6.07) is 16.9. The Bertz CT molecular complexity index is 760. The average Bonchev–Trinajstić information content (AvgIpc) is 2.61. The Hall–Kier alpha value is -3.08. The first-order chi connectivity index (χ1) is 10.8. The van der Waals surface area contributed by atoms with E-state index in [-0.39, 0.29) is 5.91 Å². The van der Waals surface area contributed by atoms with Gasteiger partial charge in [-0.15, -0.1) is 0 Å². The molecule has 0 aliphatic carbocycles. The molecule has 1 aromatic carbocycles. The van der Waals surface area contributed by atoms with E-state index in [0.29, 0.717) is 12.2 Å². The third kappa shape index (κ3) is 3.32. The van der Waals surface area contributed by atoms with Crippen LogP contribution in [-0.4, -0.2) is 20.9 Å². The van der Waals surface area contributed by atoms with Gasteiger partial charge in [-0.1, -0.05) is 36.4 Å². The van der Waals surface area contributed by atoms with Crippen LogP contribution in [0.3, 0.4) is 0 Å². The lowest BCUT2D eigenvalue weighted by Gasteiger charge is -2.06. The quantitative estimate of drug-likeness (QED) is 0.801. The van der Waals surface area contributed by atoms with E-state index in [9.17, 15) is 4.79 Å². The molecular weight excluding hydrogens is 276 g/mol. The smallest absolute Gasteiger partial charge is 0.270 e. The predicted molar refractivity (Wildman–Crippen MR) is 82.9 cm³/mol. The van der Waals surface area contributed by atoms with E-state index in [2.05, 4.69) is 20.3 Å². The minimum atomic E-state index is -0.222. The molecule has 108 valence electrons. The number of carbonyl (C=O) groups excluding carboxylic acids is 1. The summed E-state index contributed by atoms with van der Waals surface area (Å²) in [5.41, 5.74) is 2.98. The monoisotopic (exact) mass is 290 g/mol. The van der Waals surface area contributed by atoms with Crippen LogP contribution in [0.1, 0.15) is 16.2 Å². The van der Waals surface area contributed by atoms with Crippen LogP contribution in [0.25, 0.3) is 11.3 Å². The Kier molecular flexibility index (Phi) is 4.15. The van der Waals surface area contributed by atoms with Gasteiger partial charge >= 0.3 is 0 Å². The molecule has 2 aromatic heterocycles. The maximum atomic E-state index is 12.0. The van der Waals surface area contributed by atoms with Crippen molar-refractivity contribution in [3.63, 3.8) is 0 Å². The van der Waals surface area contributed by atoms with Gasteiger partial charge in [0.05, 0.1) is 17.9 Å². The number of hydrogen-bond donors (Lipinski definition) is 1. The summed E-state index contributed by atoms with van der Waals surface area (Å²) in [5.74, 6) is -0.222. The molecule has 22 heavy (non-hydrogen) atoms. The molecule has 0 aliphatic rings. The van der Waals surface area contributed by atoms with Gasteiger partial charge in [-0.05, 0) is 18.2 Å². The fraction of sp³-hybridized carbons (Fsp3) is 0.0588. The van der Waals surface area contributed by atoms with Crippen molar-refractivity contribution in [1.82, 2.24) is 20.3 Å². The number of pyridine rings is 1. The Morgan fingerprint density at radius 3 is 2.55 bits per heavy atom. The van der Waals surface area contributed by atoms with Gasteiger partial charge in [0.2, 0.25) is 0 Å². The summed E-state index contributed by atoms with van der Waals surface area (Å²) in [6.45, 7) is 0.331. The lowest BCUT2D eigenvalue weighted by molar-refractivity contribution is 0.0945. The van der Waals surface area contributed by atoms with Crippen molar-refractivity contribution in [2.75, 3.05) is 0 Å². The third-order valence-corrected chi connectivity index (χ3v) is 3.12. The molecule has 3 aromatic rings. The largest absolute Gasteiger partial charge is 0.345 e. The number of nitrogens with one attached hydrogen (secondary N) is 1. The number of benzene rings is 1. The van der Waals surface area contributed by atoms with Crippen molar-refractivity contribution in [3.8, 4) is 11.3 Å². The van der Waals surface area contributed by atoms with Crippen molar-refractivity contribution in [1.29, 1.82) is 0 Å². The van der Waals surface area contributed by atoms with Crippen molar-refractivity contribution >= 4 is 5.91 Å². The van der Waals surface area contributed by atoms with Crippen LogP contribution in [0.4, 0.5) is 0 Å². The zero-order valence-electron chi connectivity index (χ0n) is 11.8. The van der Waals surface area contributed by atoms with E-state index in [0.717, 1.165) is 17.0 Å². The number of hydrogen-bond acceptors (Lipinski definition) is 4. The van der Waals surface area contributed by atoms with E-state index in [4.69, 9.17) is 0 Å². The molecule has 0 spiro atoms. The fourth-order valence-electron chi connectivity index (χ4n) is 2.02. The molecule has 5 heteroatoms. The van der Waals surface area contributed by atoms with Gasteiger partial charge in [-0.2, -0.15) is 0 Å². The summed E-state index contributed by atoms with van der Waals surface area (Å²) in [4.78, 5) is 24.4. The second-order valence-electron chi connectivity index (χ2n) is 4.66. The highest BCUT2D eigenvalue weighted by atomic mass is 16.1. The first-order valence-corrected chi connectivity index (χ1v) is 6.88. The van der Waals surface area contributed by atoms with E-state index in [1.165, 1.54) is 6.33 Å². The molecule has 3 rings (SSSR count). The van der Waals surface area contributed by atoms with Gasteiger partial charge in [-0.25, -0.2) is 9.97 Å². The number of rotatable bonds is 4. The summed E-state index contributed by atoms with van der Waals surface area (Å²) in [5, 5.41) is 2.80. The topological polar surface area (TPSA) is 67.8 Å². The molecule has 0 radical (unpaired) electrons. The Balaban J connectivity index is 1.70. The van der Waals surface area contributed by atoms with Gasteiger partial charge in [0.25, 0.3) is 5.91 Å². The zero-order valence-corrected chi connectivity index (χ0v) is 11.8. The molecule has 0 fully saturated rings. The lowest BCUT2D eigenvalue weighted by Crippen LogP contribution is -2.24. The normalized spacial score (nSPS) is 10.2. The van der Waals surface area contributed by atoms with Gasteiger partial charge in [-0.3, -0.25) is 9.78 Å². The molecule has 0 saturated heterocycles. The molecule has 1 N–H and O–H groups in total. The predicted octanol–water partition coefficient (Wildman–Crippen LogP) is 2.47. The average molecular weight is 290 g/mol. The van der Waals surface area contributed by atoms with Crippen molar-refractivity contribution in [3.05, 3.63) is 78.5 Å². The Morgan fingerprint density at radius 1 is 0.955 bits per heavy atom. The summed E-state index contributed by atoms with van der Waals surface area (Å²) in [6.07, 6.45) is 3.09. The number of amides is 1. The molecule has 0 unspecified atom stereocenters. The minimum absolute atomic E-state index is 0.222. The molecule has 1 amide bonds. The second-order valence-corrected chi connectivity index (χ2v) is 4.66. The first kappa shape index (κ1) is 13.9. The maximum absolute atomic E-state index is 12.0. The highest BCUT2D eigenvalue weighted by Gasteiger charge is 2.07. The van der Waals surface area contributed by atoms with Crippen LogP contribution < -0.4 is 5.32 Å². The molecule has 5 nitrogen and oxygen atoms in total. The minimum Gasteiger partial charge on any atom is -0.345 e. The van der Waals surface area contributed by atoms with Gasteiger partial charge < -0.3 is 5.32 Å². The molecule has 0 saturated carbocycles. The highest BCUT2D eigenvalue weighted by Crippen LogP contribution is 2.15.